The van der Waals surface area contributed by atoms with Gasteiger partial charge in [-0.2, -0.15) is 0 Å². The van der Waals surface area contributed by atoms with Gasteiger partial charge in [-0.15, -0.1) is 24.0 Å². The number of benzene rings is 2. The van der Waals surface area contributed by atoms with Gasteiger partial charge in [-0.3, -0.25) is 9.79 Å². The Balaban J connectivity index is 0.00000320. The van der Waals surface area contributed by atoms with Crippen LogP contribution < -0.4 is 16.0 Å². The molecular weight excluding hydrogens is 494 g/mol. The maximum absolute atomic E-state index is 13.3. The van der Waals surface area contributed by atoms with E-state index in [4.69, 9.17) is 0 Å². The highest BCUT2D eigenvalue weighted by atomic mass is 127. The predicted octanol–water partition coefficient (Wildman–Crippen LogP) is 3.63. The Labute approximate surface area is 195 Å². The largest absolute Gasteiger partial charge is 0.356 e. The van der Waals surface area contributed by atoms with E-state index in [-0.39, 0.29) is 41.1 Å². The Bertz CT molecular complexity index is 866. The number of carbonyl (C=O) groups excluding carboxylic acids is 1. The van der Waals surface area contributed by atoms with Crippen LogP contribution in [0.2, 0.25) is 0 Å². The summed E-state index contributed by atoms with van der Waals surface area (Å²) in [6.07, 6.45) is 4.16. The second-order valence-electron chi connectivity index (χ2n) is 7.52. The van der Waals surface area contributed by atoms with Gasteiger partial charge < -0.3 is 16.0 Å². The number of halogens is 2. The molecule has 0 bridgehead atoms. The molecule has 0 aliphatic heterocycles. The third kappa shape index (κ3) is 5.93. The van der Waals surface area contributed by atoms with E-state index in [0.29, 0.717) is 12.1 Å². The lowest BCUT2D eigenvalue weighted by atomic mass is 9.64. The molecule has 2 aromatic carbocycles. The minimum absolute atomic E-state index is 0. The highest BCUT2D eigenvalue weighted by Crippen LogP contribution is 2.43. The maximum Gasteiger partial charge on any atom is 0.251 e. The number of aliphatic imine (C=N–C) groups is 1. The molecule has 5 nitrogen and oxygen atoms in total. The number of amides is 1. The summed E-state index contributed by atoms with van der Waals surface area (Å²) < 4.78 is 13.3. The Kier molecular flexibility index (Phi) is 9.08. The Hall–Kier alpha value is -2.16. The van der Waals surface area contributed by atoms with E-state index < -0.39 is 0 Å². The highest BCUT2D eigenvalue weighted by Gasteiger charge is 2.38. The number of guanidine groups is 1. The van der Waals surface area contributed by atoms with E-state index in [0.717, 1.165) is 37.3 Å². The summed E-state index contributed by atoms with van der Waals surface area (Å²) in [5.41, 5.74) is 2.99. The quantitative estimate of drug-likeness (QED) is 0.295. The van der Waals surface area contributed by atoms with Crippen molar-refractivity contribution in [2.24, 2.45) is 4.99 Å². The summed E-state index contributed by atoms with van der Waals surface area (Å²) in [4.78, 5) is 16.1. The second-order valence-corrected chi connectivity index (χ2v) is 7.52. The summed E-state index contributed by atoms with van der Waals surface area (Å²) in [5.74, 6) is 0.471. The highest BCUT2D eigenvalue weighted by molar-refractivity contribution is 14.0. The third-order valence-corrected chi connectivity index (χ3v) is 5.71. The van der Waals surface area contributed by atoms with Gasteiger partial charge in [0.25, 0.3) is 5.91 Å². The molecule has 0 radical (unpaired) electrons. The first-order valence-corrected chi connectivity index (χ1v) is 10.1. The van der Waals surface area contributed by atoms with E-state index in [9.17, 15) is 9.18 Å². The Morgan fingerprint density at radius 2 is 1.87 bits per heavy atom. The Morgan fingerprint density at radius 3 is 2.47 bits per heavy atom. The molecule has 30 heavy (non-hydrogen) atoms. The molecule has 0 aromatic heterocycles. The van der Waals surface area contributed by atoms with Crippen LogP contribution in [0.3, 0.4) is 0 Å². The van der Waals surface area contributed by atoms with E-state index in [1.807, 2.05) is 36.4 Å². The number of rotatable bonds is 7. The van der Waals surface area contributed by atoms with Gasteiger partial charge in [0.15, 0.2) is 5.96 Å². The molecule has 1 aliphatic rings. The SMILES string of the molecule is CN=C(NCCc1cccc(C(=O)NC)c1)NCC1(c2ccc(F)cc2)CCC1.I. The van der Waals surface area contributed by atoms with E-state index in [1.54, 1.807) is 14.1 Å². The van der Waals surface area contributed by atoms with Gasteiger partial charge in [-0.1, -0.05) is 30.7 Å². The van der Waals surface area contributed by atoms with Crippen LogP contribution in [0, 0.1) is 5.82 Å². The first kappa shape index (κ1) is 24.1. The van der Waals surface area contributed by atoms with Gasteiger partial charge in [-0.05, 0) is 54.7 Å². The fourth-order valence-corrected chi connectivity index (χ4v) is 3.79. The van der Waals surface area contributed by atoms with Gasteiger partial charge in [0.05, 0.1) is 0 Å². The van der Waals surface area contributed by atoms with Crippen molar-refractivity contribution in [1.29, 1.82) is 0 Å². The lowest BCUT2D eigenvalue weighted by Crippen LogP contribution is -2.49. The molecule has 3 rings (SSSR count). The van der Waals surface area contributed by atoms with Crippen molar-refractivity contribution in [1.82, 2.24) is 16.0 Å². The summed E-state index contributed by atoms with van der Waals surface area (Å²) in [5, 5.41) is 9.42. The molecule has 1 aliphatic carbocycles. The summed E-state index contributed by atoms with van der Waals surface area (Å²) >= 11 is 0. The second kappa shape index (κ2) is 11.3. The predicted molar refractivity (Wildman–Crippen MR) is 130 cm³/mol. The maximum atomic E-state index is 13.3. The smallest absolute Gasteiger partial charge is 0.251 e. The van der Waals surface area contributed by atoms with Crippen LogP contribution in [0.1, 0.15) is 40.7 Å². The minimum Gasteiger partial charge on any atom is -0.356 e. The zero-order valence-corrected chi connectivity index (χ0v) is 19.8. The zero-order chi connectivity index (χ0) is 20.7. The number of hydrogen-bond acceptors (Lipinski definition) is 2. The molecule has 2 aromatic rings. The van der Waals surface area contributed by atoms with Crippen LogP contribution in [-0.4, -0.2) is 39.1 Å². The van der Waals surface area contributed by atoms with Crippen molar-refractivity contribution < 1.29 is 9.18 Å². The van der Waals surface area contributed by atoms with E-state index in [1.165, 1.54) is 24.1 Å². The van der Waals surface area contributed by atoms with Crippen LogP contribution in [-0.2, 0) is 11.8 Å². The van der Waals surface area contributed by atoms with Gasteiger partial charge >= 0.3 is 0 Å². The number of nitrogens with one attached hydrogen (secondary N) is 3. The van der Waals surface area contributed by atoms with Gasteiger partial charge in [0.2, 0.25) is 0 Å². The van der Waals surface area contributed by atoms with Gasteiger partial charge in [0, 0.05) is 38.2 Å². The van der Waals surface area contributed by atoms with Gasteiger partial charge in [0.1, 0.15) is 5.82 Å². The molecule has 3 N–H and O–H groups in total. The van der Waals surface area contributed by atoms with Gasteiger partial charge in [-0.25, -0.2) is 4.39 Å². The standard InChI is InChI=1S/C23H29FN4O.HI/c1-25-21(29)18-6-3-5-17(15-18)11-14-27-22(26-2)28-16-23(12-4-13-23)19-7-9-20(24)10-8-19;/h3,5-10,15H,4,11-14,16H2,1-2H3,(H,25,29)(H2,26,27,28);1H. The van der Waals surface area contributed by atoms with Crippen molar-refractivity contribution in [3.63, 3.8) is 0 Å². The van der Waals surface area contributed by atoms with E-state index in [2.05, 4.69) is 20.9 Å². The number of hydrogen-bond donors (Lipinski definition) is 3. The molecule has 1 fully saturated rings. The molecule has 1 amide bonds. The zero-order valence-electron chi connectivity index (χ0n) is 17.5. The Morgan fingerprint density at radius 1 is 1.13 bits per heavy atom. The number of carbonyl (C=O) groups is 1. The summed E-state index contributed by atoms with van der Waals surface area (Å²) in [6, 6.07) is 14.5. The fourth-order valence-electron chi connectivity index (χ4n) is 3.79. The van der Waals surface area contributed by atoms with E-state index >= 15 is 0 Å². The topological polar surface area (TPSA) is 65.5 Å². The molecule has 0 spiro atoms. The van der Waals surface area contributed by atoms with Crippen molar-refractivity contribution in [2.45, 2.75) is 31.1 Å². The van der Waals surface area contributed by atoms with Crippen molar-refractivity contribution in [3.05, 3.63) is 71.0 Å². The lowest BCUT2D eigenvalue weighted by molar-refractivity contribution is 0.0963. The normalized spacial score (nSPS) is 14.8. The summed E-state index contributed by atoms with van der Waals surface area (Å²) in [7, 11) is 3.39. The van der Waals surface area contributed by atoms with Crippen LogP contribution in [0.15, 0.2) is 53.5 Å². The summed E-state index contributed by atoms with van der Waals surface area (Å²) in [6.45, 7) is 1.48. The van der Waals surface area contributed by atoms with Crippen LogP contribution >= 0.6 is 24.0 Å². The van der Waals surface area contributed by atoms with Crippen molar-refractivity contribution in [2.75, 3.05) is 27.2 Å². The van der Waals surface area contributed by atoms with Crippen LogP contribution in [0.4, 0.5) is 4.39 Å². The molecule has 1 saturated carbocycles. The first-order valence-electron chi connectivity index (χ1n) is 10.1. The molecule has 0 atom stereocenters. The average Bonchev–Trinajstić information content (AvgIpc) is 2.72. The monoisotopic (exact) mass is 524 g/mol. The number of nitrogens with zero attached hydrogens (tertiary/aromatic N) is 1. The lowest BCUT2D eigenvalue weighted by Gasteiger charge is -2.43. The first-order chi connectivity index (χ1) is 14.1. The third-order valence-electron chi connectivity index (χ3n) is 5.71. The fraction of sp³-hybridized carbons (Fsp3) is 0.391. The average molecular weight is 524 g/mol. The molecule has 0 unspecified atom stereocenters. The van der Waals surface area contributed by atoms with Crippen LogP contribution in [0.25, 0.3) is 0 Å². The minimum atomic E-state index is -0.200. The van der Waals surface area contributed by atoms with Crippen molar-refractivity contribution in [3.8, 4) is 0 Å². The van der Waals surface area contributed by atoms with Crippen LogP contribution in [0.5, 0.6) is 0 Å². The molecule has 7 heteroatoms. The molecule has 0 saturated heterocycles. The molecule has 0 heterocycles. The molecular formula is C23H30FIN4O. The molecule has 162 valence electrons. The van der Waals surface area contributed by atoms with Crippen molar-refractivity contribution >= 4 is 35.8 Å².